The van der Waals surface area contributed by atoms with Gasteiger partial charge in [0.1, 0.15) is 0 Å². The summed E-state index contributed by atoms with van der Waals surface area (Å²) in [5.41, 5.74) is 2.17. The van der Waals surface area contributed by atoms with Crippen molar-refractivity contribution in [2.45, 2.75) is 11.3 Å². The molecule has 7 heteroatoms. The Balaban J connectivity index is 1.45. The lowest BCUT2D eigenvalue weighted by Crippen LogP contribution is -2.38. The van der Waals surface area contributed by atoms with Crippen molar-refractivity contribution in [2.75, 3.05) is 26.2 Å². The van der Waals surface area contributed by atoms with Gasteiger partial charge in [0.25, 0.3) is 0 Å². The third kappa shape index (κ3) is 6.77. The third-order valence-electron chi connectivity index (χ3n) is 5.73. The van der Waals surface area contributed by atoms with Crippen molar-refractivity contribution in [1.29, 1.82) is 0 Å². The van der Waals surface area contributed by atoms with Gasteiger partial charge in [0.15, 0.2) is 0 Å². The monoisotopic (exact) mass is 505 g/mol. The van der Waals surface area contributed by atoms with Crippen molar-refractivity contribution in [3.63, 3.8) is 0 Å². The molecule has 0 saturated heterocycles. The number of halogens is 1. The number of fused-ring (bicyclic) bond motifs is 1. The Labute approximate surface area is 212 Å². The van der Waals surface area contributed by atoms with Crippen LogP contribution in [-0.2, 0) is 16.4 Å². The van der Waals surface area contributed by atoms with E-state index in [0.29, 0.717) is 47.9 Å². The lowest BCUT2D eigenvalue weighted by molar-refractivity contribution is 0.411. The van der Waals surface area contributed by atoms with Gasteiger partial charge in [-0.2, -0.15) is 4.31 Å². The van der Waals surface area contributed by atoms with Crippen LogP contribution in [0.4, 0.5) is 0 Å². The van der Waals surface area contributed by atoms with E-state index in [2.05, 4.69) is 10.3 Å². The zero-order valence-corrected chi connectivity index (χ0v) is 20.9. The van der Waals surface area contributed by atoms with Gasteiger partial charge in [-0.25, -0.2) is 8.42 Å². The molecule has 0 saturated carbocycles. The van der Waals surface area contributed by atoms with E-state index in [4.69, 9.17) is 11.6 Å². The second kappa shape index (κ2) is 12.1. The maximum Gasteiger partial charge on any atom is 0.243 e. The molecule has 0 aliphatic rings. The normalized spacial score (nSPS) is 12.1. The molecule has 1 N–H and O–H groups in total. The van der Waals surface area contributed by atoms with E-state index in [0.717, 1.165) is 16.5 Å². The van der Waals surface area contributed by atoms with E-state index >= 15 is 0 Å². The first-order valence-corrected chi connectivity index (χ1v) is 13.4. The highest BCUT2D eigenvalue weighted by atomic mass is 35.5. The van der Waals surface area contributed by atoms with Gasteiger partial charge in [-0.3, -0.25) is 4.98 Å². The molecule has 3 aromatic carbocycles. The lowest BCUT2D eigenvalue weighted by Gasteiger charge is -2.23. The van der Waals surface area contributed by atoms with E-state index in [-0.39, 0.29) is 0 Å². The molecule has 0 bridgehead atoms. The summed E-state index contributed by atoms with van der Waals surface area (Å²) in [7, 11) is -3.70. The van der Waals surface area contributed by atoms with Crippen LogP contribution < -0.4 is 5.32 Å². The first kappa shape index (κ1) is 25.1. The summed E-state index contributed by atoms with van der Waals surface area (Å²) in [5, 5.41) is 5.53. The number of sulfonamides is 1. The molecule has 4 rings (SSSR count). The summed E-state index contributed by atoms with van der Waals surface area (Å²) in [5.74, 6) is 0. The average molecular weight is 506 g/mol. The topological polar surface area (TPSA) is 62.3 Å². The fourth-order valence-corrected chi connectivity index (χ4v) is 5.65. The van der Waals surface area contributed by atoms with Gasteiger partial charge in [0, 0.05) is 54.4 Å². The highest BCUT2D eigenvalue weighted by Gasteiger charge is 2.25. The van der Waals surface area contributed by atoms with E-state index in [1.165, 1.54) is 0 Å². The first-order chi connectivity index (χ1) is 17.0. The van der Waals surface area contributed by atoms with Gasteiger partial charge in [-0.05, 0) is 41.8 Å². The fraction of sp³-hybridized carbons (Fsp3) is 0.179. The predicted molar refractivity (Wildman–Crippen MR) is 144 cm³/mol. The van der Waals surface area contributed by atoms with Crippen LogP contribution in [0.15, 0.2) is 102 Å². The molecule has 0 fully saturated rings. The van der Waals surface area contributed by atoms with Gasteiger partial charge in [0.05, 0.1) is 4.90 Å². The van der Waals surface area contributed by atoms with Gasteiger partial charge in [-0.15, -0.1) is 0 Å². The van der Waals surface area contributed by atoms with Crippen molar-refractivity contribution in [2.24, 2.45) is 0 Å². The zero-order valence-electron chi connectivity index (χ0n) is 19.3. The minimum absolute atomic E-state index is 0.313. The molecular formula is C28H28ClN3O2S. The summed E-state index contributed by atoms with van der Waals surface area (Å²) in [6.07, 6.45) is 7.99. The summed E-state index contributed by atoms with van der Waals surface area (Å²) in [6, 6.07) is 24.7. The van der Waals surface area contributed by atoms with Crippen LogP contribution in [-0.4, -0.2) is 43.9 Å². The van der Waals surface area contributed by atoms with Crippen LogP contribution >= 0.6 is 11.6 Å². The number of nitrogens with one attached hydrogen (secondary N) is 1. The Hall–Kier alpha value is -3.03. The van der Waals surface area contributed by atoms with Gasteiger partial charge < -0.3 is 5.32 Å². The second-order valence-corrected chi connectivity index (χ2v) is 10.5. The second-order valence-electron chi connectivity index (χ2n) is 8.15. The van der Waals surface area contributed by atoms with Crippen LogP contribution in [0.1, 0.15) is 11.1 Å². The number of nitrogens with zero attached hydrogens (tertiary/aromatic N) is 2. The molecule has 180 valence electrons. The predicted octanol–water partition coefficient (Wildman–Crippen LogP) is 5.42. The average Bonchev–Trinajstić information content (AvgIpc) is 2.89. The van der Waals surface area contributed by atoms with Crippen LogP contribution in [0.25, 0.3) is 16.8 Å². The summed E-state index contributed by atoms with van der Waals surface area (Å²) < 4.78 is 29.1. The Bertz CT molecular complexity index is 1370. The number of pyridine rings is 1. The number of hydrogen-bond donors (Lipinski definition) is 1. The molecule has 1 aromatic heterocycles. The van der Waals surface area contributed by atoms with Crippen LogP contribution in [0.2, 0.25) is 5.02 Å². The largest absolute Gasteiger partial charge is 0.312 e. The molecule has 0 aliphatic carbocycles. The Morgan fingerprint density at radius 3 is 2.51 bits per heavy atom. The number of rotatable bonds is 11. The van der Waals surface area contributed by atoms with Crippen molar-refractivity contribution < 1.29 is 8.42 Å². The zero-order chi connectivity index (χ0) is 24.5. The molecular weight excluding hydrogens is 478 g/mol. The quantitative estimate of drug-likeness (QED) is 0.276. The Morgan fingerprint density at radius 2 is 1.71 bits per heavy atom. The first-order valence-electron chi connectivity index (χ1n) is 11.5. The van der Waals surface area contributed by atoms with E-state index in [9.17, 15) is 8.42 Å². The fourth-order valence-electron chi connectivity index (χ4n) is 3.87. The number of hydrogen-bond acceptors (Lipinski definition) is 4. The van der Waals surface area contributed by atoms with E-state index < -0.39 is 10.0 Å². The summed E-state index contributed by atoms with van der Waals surface area (Å²) in [6.45, 7) is 1.93. The van der Waals surface area contributed by atoms with Crippen molar-refractivity contribution >= 4 is 38.5 Å². The standard InChI is InChI=1S/C28H28ClN3O2S/c29-26-13-11-24(12-14-26)8-5-17-30-19-21-32(20-16-23-6-2-1-3-7-23)35(33,34)28-10-4-9-25-22-31-18-15-27(25)28/h1-15,18,22,30H,16-17,19-21H2/b8-5+. The Morgan fingerprint density at radius 1 is 0.914 bits per heavy atom. The molecule has 0 spiro atoms. The van der Waals surface area contributed by atoms with Gasteiger partial charge >= 0.3 is 0 Å². The highest BCUT2D eigenvalue weighted by molar-refractivity contribution is 7.89. The molecule has 0 atom stereocenters. The molecule has 1 heterocycles. The molecule has 0 unspecified atom stereocenters. The maximum atomic E-state index is 13.8. The summed E-state index contributed by atoms with van der Waals surface area (Å²) >= 11 is 5.93. The van der Waals surface area contributed by atoms with Crippen LogP contribution in [0, 0.1) is 0 Å². The smallest absolute Gasteiger partial charge is 0.243 e. The van der Waals surface area contributed by atoms with Gasteiger partial charge in [0.2, 0.25) is 10.0 Å². The van der Waals surface area contributed by atoms with Crippen molar-refractivity contribution in [1.82, 2.24) is 14.6 Å². The number of benzene rings is 3. The Kier molecular flexibility index (Phi) is 8.66. The minimum atomic E-state index is -3.70. The molecule has 0 amide bonds. The summed E-state index contributed by atoms with van der Waals surface area (Å²) in [4.78, 5) is 4.44. The van der Waals surface area contributed by atoms with Gasteiger partial charge in [-0.1, -0.05) is 78.4 Å². The third-order valence-corrected chi connectivity index (χ3v) is 7.94. The van der Waals surface area contributed by atoms with E-state index in [1.807, 2.05) is 72.8 Å². The van der Waals surface area contributed by atoms with Crippen LogP contribution in [0.5, 0.6) is 0 Å². The molecule has 4 aromatic rings. The SMILES string of the molecule is O=S(=O)(c1cccc2cnccc12)N(CCNC/C=C/c1ccc(Cl)cc1)CCc1ccccc1. The molecule has 5 nitrogen and oxygen atoms in total. The van der Waals surface area contributed by atoms with E-state index in [1.54, 1.807) is 34.9 Å². The van der Waals surface area contributed by atoms with Crippen LogP contribution in [0.3, 0.4) is 0 Å². The lowest BCUT2D eigenvalue weighted by atomic mass is 10.1. The molecule has 0 radical (unpaired) electrons. The van der Waals surface area contributed by atoms with Crippen molar-refractivity contribution in [3.05, 3.63) is 113 Å². The minimum Gasteiger partial charge on any atom is -0.312 e. The highest BCUT2D eigenvalue weighted by Crippen LogP contribution is 2.25. The molecule has 35 heavy (non-hydrogen) atoms. The van der Waals surface area contributed by atoms with Crippen molar-refractivity contribution in [3.8, 4) is 0 Å². The molecule has 0 aliphatic heterocycles. The number of aromatic nitrogens is 1. The maximum absolute atomic E-state index is 13.8.